The molecule has 0 aromatic carbocycles. The number of carbonyl (C=O) groups is 2. The van der Waals surface area contributed by atoms with Crippen LogP contribution in [0.1, 0.15) is 33.1 Å². The van der Waals surface area contributed by atoms with Gasteiger partial charge in [-0.1, -0.05) is 13.3 Å². The van der Waals surface area contributed by atoms with Gasteiger partial charge in [-0.15, -0.1) is 0 Å². The number of carboxylic acid groups (broad SMARTS) is 2. The number of ether oxygens (including phenoxy) is 2. The lowest BCUT2D eigenvalue weighted by molar-refractivity contribution is -0.0366. The maximum atomic E-state index is 10.3. The number of hydrogen-bond acceptors (Lipinski definition) is 4. The van der Waals surface area contributed by atoms with Crippen LogP contribution in [0.2, 0.25) is 0 Å². The van der Waals surface area contributed by atoms with E-state index in [-0.39, 0.29) is 0 Å². The van der Waals surface area contributed by atoms with Crippen molar-refractivity contribution in [3.63, 3.8) is 0 Å². The molecule has 0 spiro atoms. The van der Waals surface area contributed by atoms with Gasteiger partial charge in [-0.05, 0) is 19.8 Å². The normalized spacial score (nSPS) is 14.0. The van der Waals surface area contributed by atoms with E-state index in [1.54, 1.807) is 0 Å². The molecular formula is C9H16O6. The summed E-state index contributed by atoms with van der Waals surface area (Å²) in [5, 5.41) is 16.8. The van der Waals surface area contributed by atoms with Crippen LogP contribution in [0.4, 0.5) is 9.59 Å². The summed E-state index contributed by atoms with van der Waals surface area (Å²) < 4.78 is 8.98. The summed E-state index contributed by atoms with van der Waals surface area (Å²) >= 11 is 0. The fourth-order valence-electron chi connectivity index (χ4n) is 1.16. The minimum atomic E-state index is -1.43. The molecule has 0 saturated carbocycles. The fourth-order valence-corrected chi connectivity index (χ4v) is 1.16. The van der Waals surface area contributed by atoms with Gasteiger partial charge in [0, 0.05) is 0 Å². The van der Waals surface area contributed by atoms with E-state index in [0.717, 1.165) is 12.8 Å². The Morgan fingerprint density at radius 2 is 1.73 bits per heavy atom. The van der Waals surface area contributed by atoms with E-state index in [4.69, 9.17) is 10.2 Å². The first-order valence-corrected chi connectivity index (χ1v) is 4.76. The van der Waals surface area contributed by atoms with Gasteiger partial charge in [0.05, 0.1) is 0 Å². The molecule has 0 aliphatic rings. The summed E-state index contributed by atoms with van der Waals surface area (Å²) in [6.45, 7) is 3.41. The van der Waals surface area contributed by atoms with Crippen molar-refractivity contribution < 1.29 is 29.3 Å². The van der Waals surface area contributed by atoms with E-state index in [1.165, 1.54) is 6.92 Å². The van der Waals surface area contributed by atoms with E-state index in [0.29, 0.717) is 6.42 Å². The molecule has 0 aliphatic carbocycles. The Hall–Kier alpha value is -1.46. The molecule has 6 heteroatoms. The lowest BCUT2D eigenvalue weighted by Gasteiger charge is -2.21. The predicted molar refractivity (Wildman–Crippen MR) is 51.0 cm³/mol. The molecule has 6 nitrogen and oxygen atoms in total. The minimum Gasteiger partial charge on any atom is -0.450 e. The van der Waals surface area contributed by atoms with Crippen LogP contribution >= 0.6 is 0 Å². The molecule has 2 atom stereocenters. The molecule has 88 valence electrons. The summed E-state index contributed by atoms with van der Waals surface area (Å²) in [7, 11) is 0. The van der Waals surface area contributed by atoms with Gasteiger partial charge in [0.2, 0.25) is 0 Å². The van der Waals surface area contributed by atoms with Crippen molar-refractivity contribution in [2.75, 3.05) is 0 Å². The Morgan fingerprint density at radius 3 is 2.13 bits per heavy atom. The molecule has 15 heavy (non-hydrogen) atoms. The van der Waals surface area contributed by atoms with E-state index in [1.807, 2.05) is 6.92 Å². The van der Waals surface area contributed by atoms with Crippen molar-refractivity contribution in [2.24, 2.45) is 0 Å². The van der Waals surface area contributed by atoms with Crippen LogP contribution < -0.4 is 0 Å². The Morgan fingerprint density at radius 1 is 1.20 bits per heavy atom. The van der Waals surface area contributed by atoms with Crippen LogP contribution in [-0.4, -0.2) is 34.7 Å². The Labute approximate surface area is 87.8 Å². The second-order valence-corrected chi connectivity index (χ2v) is 3.15. The molecule has 0 heterocycles. The SMILES string of the molecule is CCCCC(OC(=O)O)C(C)OC(=O)O. The van der Waals surface area contributed by atoms with Crippen molar-refractivity contribution >= 4 is 12.3 Å². The summed E-state index contributed by atoms with van der Waals surface area (Å²) in [5.41, 5.74) is 0. The molecule has 0 aromatic heterocycles. The van der Waals surface area contributed by atoms with Crippen LogP contribution in [0.5, 0.6) is 0 Å². The van der Waals surface area contributed by atoms with Crippen molar-refractivity contribution in [2.45, 2.75) is 45.3 Å². The first kappa shape index (κ1) is 13.5. The molecule has 0 aromatic rings. The standard InChI is InChI=1S/C9H16O6/c1-3-4-5-7(15-9(12)13)6(2)14-8(10)11/h6-7H,3-5H2,1-2H3,(H,10,11)(H,12,13). The summed E-state index contributed by atoms with van der Waals surface area (Å²) in [6, 6.07) is 0. The van der Waals surface area contributed by atoms with Crippen molar-refractivity contribution in [1.82, 2.24) is 0 Å². The zero-order valence-electron chi connectivity index (χ0n) is 8.80. The third-order valence-electron chi connectivity index (χ3n) is 1.90. The molecule has 0 radical (unpaired) electrons. The Balaban J connectivity index is 4.19. The quantitative estimate of drug-likeness (QED) is 0.667. The van der Waals surface area contributed by atoms with E-state index in [9.17, 15) is 9.59 Å². The van der Waals surface area contributed by atoms with Gasteiger partial charge in [0.1, 0.15) is 12.2 Å². The highest BCUT2D eigenvalue weighted by atomic mass is 16.7. The van der Waals surface area contributed by atoms with Crippen LogP contribution in [0.25, 0.3) is 0 Å². The average molecular weight is 220 g/mol. The molecule has 0 aliphatic heterocycles. The summed E-state index contributed by atoms with van der Waals surface area (Å²) in [5.74, 6) is 0. The van der Waals surface area contributed by atoms with E-state index >= 15 is 0 Å². The number of rotatable bonds is 6. The molecule has 0 amide bonds. The van der Waals surface area contributed by atoms with Gasteiger partial charge in [0.15, 0.2) is 0 Å². The first-order chi connectivity index (χ1) is 6.97. The second-order valence-electron chi connectivity index (χ2n) is 3.15. The molecular weight excluding hydrogens is 204 g/mol. The summed E-state index contributed by atoms with van der Waals surface area (Å²) in [4.78, 5) is 20.6. The first-order valence-electron chi connectivity index (χ1n) is 4.76. The smallest absolute Gasteiger partial charge is 0.450 e. The van der Waals surface area contributed by atoms with Crippen LogP contribution in [0.3, 0.4) is 0 Å². The van der Waals surface area contributed by atoms with Crippen molar-refractivity contribution in [3.05, 3.63) is 0 Å². The molecule has 0 bridgehead atoms. The third kappa shape index (κ3) is 6.59. The Bertz CT molecular complexity index is 215. The highest BCUT2D eigenvalue weighted by Gasteiger charge is 2.24. The lowest BCUT2D eigenvalue weighted by Crippen LogP contribution is -2.32. The maximum absolute atomic E-state index is 10.3. The monoisotopic (exact) mass is 220 g/mol. The van der Waals surface area contributed by atoms with E-state index < -0.39 is 24.5 Å². The van der Waals surface area contributed by atoms with Gasteiger partial charge in [0.25, 0.3) is 0 Å². The molecule has 2 N–H and O–H groups in total. The minimum absolute atomic E-state index is 0.456. The number of unbranched alkanes of at least 4 members (excludes halogenated alkanes) is 1. The Kier molecular flexibility index (Phi) is 6.24. The molecule has 0 rings (SSSR count). The topological polar surface area (TPSA) is 93.1 Å². The van der Waals surface area contributed by atoms with Crippen LogP contribution in [0.15, 0.2) is 0 Å². The second kappa shape index (κ2) is 6.92. The highest BCUT2D eigenvalue weighted by molar-refractivity contribution is 5.58. The summed E-state index contributed by atoms with van der Waals surface area (Å²) in [6.07, 6.45) is -2.29. The van der Waals surface area contributed by atoms with Gasteiger partial charge in [-0.25, -0.2) is 9.59 Å². The third-order valence-corrected chi connectivity index (χ3v) is 1.90. The van der Waals surface area contributed by atoms with Gasteiger partial charge in [-0.2, -0.15) is 0 Å². The lowest BCUT2D eigenvalue weighted by atomic mass is 10.1. The van der Waals surface area contributed by atoms with Crippen LogP contribution in [0, 0.1) is 0 Å². The van der Waals surface area contributed by atoms with Gasteiger partial charge < -0.3 is 19.7 Å². The highest BCUT2D eigenvalue weighted by Crippen LogP contribution is 2.12. The molecule has 0 fully saturated rings. The predicted octanol–water partition coefficient (Wildman–Crippen LogP) is 2.32. The molecule has 0 saturated heterocycles. The molecule has 2 unspecified atom stereocenters. The van der Waals surface area contributed by atoms with Gasteiger partial charge >= 0.3 is 12.3 Å². The van der Waals surface area contributed by atoms with Crippen molar-refractivity contribution in [3.8, 4) is 0 Å². The fraction of sp³-hybridized carbons (Fsp3) is 0.778. The van der Waals surface area contributed by atoms with Gasteiger partial charge in [-0.3, -0.25) is 0 Å². The largest absolute Gasteiger partial charge is 0.506 e. The number of hydrogen-bond donors (Lipinski definition) is 2. The zero-order valence-corrected chi connectivity index (χ0v) is 8.80. The van der Waals surface area contributed by atoms with Crippen LogP contribution in [-0.2, 0) is 9.47 Å². The maximum Gasteiger partial charge on any atom is 0.506 e. The average Bonchev–Trinajstić information content (AvgIpc) is 2.10. The van der Waals surface area contributed by atoms with E-state index in [2.05, 4.69) is 9.47 Å². The zero-order chi connectivity index (χ0) is 11.8. The van der Waals surface area contributed by atoms with Crippen molar-refractivity contribution in [1.29, 1.82) is 0 Å².